The van der Waals surface area contributed by atoms with Gasteiger partial charge in [0.1, 0.15) is 5.82 Å². The zero-order valence-corrected chi connectivity index (χ0v) is 11.3. The summed E-state index contributed by atoms with van der Waals surface area (Å²) in [4.78, 5) is 19.1. The summed E-state index contributed by atoms with van der Waals surface area (Å²) in [6.45, 7) is 2.02. The first-order chi connectivity index (χ1) is 10.2. The summed E-state index contributed by atoms with van der Waals surface area (Å²) >= 11 is 0. The molecule has 4 rings (SSSR count). The zero-order valence-electron chi connectivity index (χ0n) is 11.3. The highest BCUT2D eigenvalue weighted by molar-refractivity contribution is 5.84. The van der Waals surface area contributed by atoms with E-state index in [1.54, 1.807) is 6.92 Å². The average Bonchev–Trinajstić information content (AvgIpc) is 2.94. The summed E-state index contributed by atoms with van der Waals surface area (Å²) in [5.74, 6) is 2.08. The highest BCUT2D eigenvalue weighted by atomic mass is 16.7. The summed E-state index contributed by atoms with van der Waals surface area (Å²) in [6, 6.07) is 11.4. The number of hydrogen-bond donors (Lipinski definition) is 1. The second-order valence-electron chi connectivity index (χ2n) is 4.95. The van der Waals surface area contributed by atoms with Gasteiger partial charge in [-0.05, 0) is 42.3 Å². The van der Waals surface area contributed by atoms with Gasteiger partial charge >= 0.3 is 0 Å². The number of rotatable bonds is 1. The summed E-state index contributed by atoms with van der Waals surface area (Å²) in [5, 5.41) is 0.579. The molecule has 1 aliphatic heterocycles. The van der Waals surface area contributed by atoms with Crippen molar-refractivity contribution in [3.05, 3.63) is 52.6 Å². The summed E-state index contributed by atoms with van der Waals surface area (Å²) in [6.07, 6.45) is 0. The van der Waals surface area contributed by atoms with E-state index in [-0.39, 0.29) is 12.4 Å². The van der Waals surface area contributed by atoms with E-state index in [1.807, 2.05) is 36.4 Å². The van der Waals surface area contributed by atoms with Crippen LogP contribution in [0.5, 0.6) is 11.5 Å². The fourth-order valence-electron chi connectivity index (χ4n) is 2.51. The third-order valence-electron chi connectivity index (χ3n) is 3.53. The molecule has 0 radical (unpaired) electrons. The van der Waals surface area contributed by atoms with E-state index in [0.717, 1.165) is 22.6 Å². The molecule has 0 saturated carbocycles. The van der Waals surface area contributed by atoms with E-state index < -0.39 is 0 Å². The summed E-state index contributed by atoms with van der Waals surface area (Å²) in [7, 11) is 0. The summed E-state index contributed by atoms with van der Waals surface area (Å²) < 4.78 is 10.7. The lowest BCUT2D eigenvalue weighted by Gasteiger charge is -2.05. The largest absolute Gasteiger partial charge is 0.454 e. The van der Waals surface area contributed by atoms with Crippen LogP contribution in [-0.4, -0.2) is 16.8 Å². The van der Waals surface area contributed by atoms with Crippen molar-refractivity contribution in [3.8, 4) is 22.6 Å². The molecule has 0 unspecified atom stereocenters. The Hall–Kier alpha value is -2.82. The maximum atomic E-state index is 12.0. The first-order valence-electron chi connectivity index (χ1n) is 6.61. The number of H-pyrrole nitrogens is 1. The Balaban J connectivity index is 1.89. The van der Waals surface area contributed by atoms with Crippen molar-refractivity contribution in [1.82, 2.24) is 9.97 Å². The van der Waals surface area contributed by atoms with Crippen molar-refractivity contribution < 1.29 is 9.47 Å². The molecule has 0 amide bonds. The molecule has 3 aromatic rings. The number of ether oxygens (including phenoxy) is 2. The highest BCUT2D eigenvalue weighted by Crippen LogP contribution is 2.36. The van der Waals surface area contributed by atoms with Crippen molar-refractivity contribution in [2.75, 3.05) is 6.79 Å². The van der Waals surface area contributed by atoms with Crippen LogP contribution in [0.1, 0.15) is 5.82 Å². The van der Waals surface area contributed by atoms with E-state index >= 15 is 0 Å². The van der Waals surface area contributed by atoms with Gasteiger partial charge in [0.05, 0.1) is 10.9 Å². The minimum Gasteiger partial charge on any atom is -0.454 e. The van der Waals surface area contributed by atoms with Crippen LogP contribution in [0.4, 0.5) is 0 Å². The fourth-order valence-corrected chi connectivity index (χ4v) is 2.51. The molecule has 1 aromatic heterocycles. The predicted octanol–water partition coefficient (Wildman–Crippen LogP) is 2.63. The minimum absolute atomic E-state index is 0.125. The molecule has 21 heavy (non-hydrogen) atoms. The quantitative estimate of drug-likeness (QED) is 0.744. The van der Waals surface area contributed by atoms with Crippen LogP contribution in [0.25, 0.3) is 22.0 Å². The Morgan fingerprint density at radius 2 is 1.81 bits per heavy atom. The van der Waals surface area contributed by atoms with Gasteiger partial charge in [-0.2, -0.15) is 0 Å². The van der Waals surface area contributed by atoms with Gasteiger partial charge in [-0.3, -0.25) is 4.79 Å². The van der Waals surface area contributed by atoms with Crippen molar-refractivity contribution in [2.45, 2.75) is 6.92 Å². The predicted molar refractivity (Wildman–Crippen MR) is 78.7 cm³/mol. The number of aromatic amines is 1. The second-order valence-corrected chi connectivity index (χ2v) is 4.95. The lowest BCUT2D eigenvalue weighted by atomic mass is 10.0. The normalized spacial score (nSPS) is 12.8. The minimum atomic E-state index is -0.125. The van der Waals surface area contributed by atoms with Crippen LogP contribution in [0.2, 0.25) is 0 Å². The third-order valence-corrected chi connectivity index (χ3v) is 3.53. The number of hydrogen-bond acceptors (Lipinski definition) is 4. The Morgan fingerprint density at radius 3 is 2.71 bits per heavy atom. The molecule has 1 N–H and O–H groups in total. The van der Waals surface area contributed by atoms with Crippen LogP contribution < -0.4 is 15.0 Å². The van der Waals surface area contributed by atoms with Gasteiger partial charge in [0.25, 0.3) is 5.56 Å². The van der Waals surface area contributed by atoms with Gasteiger partial charge in [-0.25, -0.2) is 4.98 Å². The zero-order chi connectivity index (χ0) is 14.4. The number of aromatic nitrogens is 2. The molecule has 5 nitrogen and oxygen atoms in total. The SMILES string of the molecule is Cc1nc2ccc(-c3ccc4c(c3)OCO4)cc2c(=O)[nH]1. The molecule has 0 atom stereocenters. The molecule has 0 bridgehead atoms. The average molecular weight is 280 g/mol. The van der Waals surface area contributed by atoms with Crippen molar-refractivity contribution in [3.63, 3.8) is 0 Å². The maximum absolute atomic E-state index is 12.0. The van der Waals surface area contributed by atoms with Gasteiger partial charge in [-0.1, -0.05) is 12.1 Å². The van der Waals surface area contributed by atoms with E-state index in [9.17, 15) is 4.79 Å². The Bertz CT molecular complexity index is 915. The fraction of sp³-hybridized carbons (Fsp3) is 0.125. The molecule has 0 saturated heterocycles. The van der Waals surface area contributed by atoms with Crippen molar-refractivity contribution >= 4 is 10.9 Å². The van der Waals surface area contributed by atoms with Crippen LogP contribution >= 0.6 is 0 Å². The van der Waals surface area contributed by atoms with E-state index in [0.29, 0.717) is 16.7 Å². The number of benzene rings is 2. The van der Waals surface area contributed by atoms with E-state index in [1.165, 1.54) is 0 Å². The number of nitrogens with one attached hydrogen (secondary N) is 1. The molecule has 0 fully saturated rings. The van der Waals surface area contributed by atoms with Gasteiger partial charge in [0.15, 0.2) is 11.5 Å². The lowest BCUT2D eigenvalue weighted by molar-refractivity contribution is 0.174. The molecular weight excluding hydrogens is 268 g/mol. The molecule has 0 spiro atoms. The smallest absolute Gasteiger partial charge is 0.258 e. The van der Waals surface area contributed by atoms with Gasteiger partial charge < -0.3 is 14.5 Å². The number of aryl methyl sites for hydroxylation is 1. The van der Waals surface area contributed by atoms with Crippen molar-refractivity contribution in [2.24, 2.45) is 0 Å². The van der Waals surface area contributed by atoms with E-state index in [2.05, 4.69) is 9.97 Å². The monoisotopic (exact) mass is 280 g/mol. The standard InChI is InChI=1S/C16H12N2O3/c1-9-17-13-4-2-10(6-12(13)16(19)18-9)11-3-5-14-15(7-11)21-8-20-14/h2-7H,8H2,1H3,(H,17,18,19). The van der Waals surface area contributed by atoms with Gasteiger partial charge in [-0.15, -0.1) is 0 Å². The van der Waals surface area contributed by atoms with Crippen LogP contribution in [0, 0.1) is 6.92 Å². The molecule has 5 heteroatoms. The molecule has 1 aliphatic rings. The second kappa shape index (κ2) is 4.34. The summed E-state index contributed by atoms with van der Waals surface area (Å²) in [5.41, 5.74) is 2.49. The number of fused-ring (bicyclic) bond motifs is 2. The van der Waals surface area contributed by atoms with Crippen LogP contribution in [-0.2, 0) is 0 Å². The number of nitrogens with zero attached hydrogens (tertiary/aromatic N) is 1. The van der Waals surface area contributed by atoms with Gasteiger partial charge in [0, 0.05) is 0 Å². The molecule has 104 valence electrons. The van der Waals surface area contributed by atoms with Gasteiger partial charge in [0.2, 0.25) is 6.79 Å². The Kier molecular flexibility index (Phi) is 2.47. The third kappa shape index (κ3) is 1.94. The molecule has 2 aromatic carbocycles. The maximum Gasteiger partial charge on any atom is 0.258 e. The lowest BCUT2D eigenvalue weighted by Crippen LogP contribution is -2.09. The Morgan fingerprint density at radius 1 is 1.05 bits per heavy atom. The van der Waals surface area contributed by atoms with E-state index in [4.69, 9.17) is 9.47 Å². The highest BCUT2D eigenvalue weighted by Gasteiger charge is 2.14. The molecular formula is C16H12N2O3. The van der Waals surface area contributed by atoms with Crippen LogP contribution in [0.15, 0.2) is 41.2 Å². The Labute approximate surface area is 120 Å². The van der Waals surface area contributed by atoms with Crippen molar-refractivity contribution in [1.29, 1.82) is 0 Å². The molecule has 2 heterocycles. The van der Waals surface area contributed by atoms with Crippen LogP contribution in [0.3, 0.4) is 0 Å². The molecule has 0 aliphatic carbocycles. The first-order valence-corrected chi connectivity index (χ1v) is 6.61. The topological polar surface area (TPSA) is 64.2 Å². The first kappa shape index (κ1) is 12.0.